The molecule has 0 aliphatic heterocycles. The predicted octanol–water partition coefficient (Wildman–Crippen LogP) is 4.91. The maximum atomic E-state index is 14.0. The van der Waals surface area contributed by atoms with Crippen LogP contribution in [0.4, 0.5) is 4.39 Å². The Kier molecular flexibility index (Phi) is 4.31. The van der Waals surface area contributed by atoms with Crippen LogP contribution in [-0.2, 0) is 0 Å². The molecule has 1 unspecified atom stereocenters. The van der Waals surface area contributed by atoms with Crippen LogP contribution in [0.5, 0.6) is 11.5 Å². The molecule has 2 nitrogen and oxygen atoms in total. The molecule has 2 rings (SSSR count). The lowest BCUT2D eigenvalue weighted by molar-refractivity contribution is 0.432. The van der Waals surface area contributed by atoms with Gasteiger partial charge < -0.3 is 10.5 Å². The maximum absolute atomic E-state index is 14.0. The van der Waals surface area contributed by atoms with Gasteiger partial charge in [0.15, 0.2) is 11.6 Å². The number of benzene rings is 2. The average molecular weight is 294 g/mol. The lowest BCUT2D eigenvalue weighted by Crippen LogP contribution is -2.07. The van der Waals surface area contributed by atoms with E-state index in [0.29, 0.717) is 16.3 Å². The quantitative estimate of drug-likeness (QED) is 0.873. The molecule has 20 heavy (non-hydrogen) atoms. The molecule has 0 heterocycles. The molecule has 106 valence electrons. The molecule has 0 saturated heterocycles. The summed E-state index contributed by atoms with van der Waals surface area (Å²) >= 11 is 6.12. The van der Waals surface area contributed by atoms with Crippen molar-refractivity contribution < 1.29 is 9.13 Å². The zero-order valence-electron chi connectivity index (χ0n) is 11.7. The van der Waals surface area contributed by atoms with Crippen molar-refractivity contribution in [1.29, 1.82) is 0 Å². The molecule has 0 aliphatic carbocycles. The van der Waals surface area contributed by atoms with Crippen molar-refractivity contribution in [2.24, 2.45) is 5.73 Å². The number of halogens is 2. The third-order valence-electron chi connectivity index (χ3n) is 3.12. The van der Waals surface area contributed by atoms with Gasteiger partial charge in [-0.05, 0) is 50.1 Å². The summed E-state index contributed by atoms with van der Waals surface area (Å²) in [5, 5.41) is 0.693. The van der Waals surface area contributed by atoms with Gasteiger partial charge in [0, 0.05) is 16.6 Å². The fourth-order valence-corrected chi connectivity index (χ4v) is 2.18. The van der Waals surface area contributed by atoms with Gasteiger partial charge in [-0.1, -0.05) is 23.7 Å². The Morgan fingerprint density at radius 2 is 1.80 bits per heavy atom. The number of rotatable bonds is 3. The normalized spacial score (nSPS) is 12.3. The van der Waals surface area contributed by atoms with Gasteiger partial charge in [-0.15, -0.1) is 0 Å². The zero-order chi connectivity index (χ0) is 14.9. The third kappa shape index (κ3) is 2.94. The van der Waals surface area contributed by atoms with Crippen molar-refractivity contribution in [1.82, 2.24) is 0 Å². The number of hydrogen-bond acceptors (Lipinski definition) is 2. The highest BCUT2D eigenvalue weighted by Gasteiger charge is 2.14. The molecule has 0 amide bonds. The minimum absolute atomic E-state index is 0.170. The van der Waals surface area contributed by atoms with Crippen LogP contribution in [-0.4, -0.2) is 0 Å². The fraction of sp³-hybridized carbons (Fsp3) is 0.250. The van der Waals surface area contributed by atoms with Gasteiger partial charge in [0.25, 0.3) is 0 Å². The highest BCUT2D eigenvalue weighted by molar-refractivity contribution is 6.32. The summed E-state index contributed by atoms with van der Waals surface area (Å²) in [7, 11) is 0. The van der Waals surface area contributed by atoms with Gasteiger partial charge in [-0.25, -0.2) is 4.39 Å². The molecule has 0 saturated carbocycles. The highest BCUT2D eigenvalue weighted by Crippen LogP contribution is 2.34. The van der Waals surface area contributed by atoms with Gasteiger partial charge in [0.2, 0.25) is 0 Å². The lowest BCUT2D eigenvalue weighted by atomic mass is 10.1. The van der Waals surface area contributed by atoms with E-state index >= 15 is 0 Å². The number of hydrogen-bond donors (Lipinski definition) is 1. The Hall–Kier alpha value is -1.58. The van der Waals surface area contributed by atoms with Crippen LogP contribution in [0.1, 0.15) is 29.7 Å². The van der Waals surface area contributed by atoms with Crippen LogP contribution in [0.2, 0.25) is 5.02 Å². The van der Waals surface area contributed by atoms with E-state index in [1.165, 1.54) is 6.07 Å². The van der Waals surface area contributed by atoms with Crippen LogP contribution < -0.4 is 10.5 Å². The molecule has 0 fully saturated rings. The molecule has 1 atom stereocenters. The maximum Gasteiger partial charge on any atom is 0.167 e. The van der Waals surface area contributed by atoms with E-state index in [1.807, 2.05) is 13.8 Å². The second-order valence-corrected chi connectivity index (χ2v) is 5.30. The Morgan fingerprint density at radius 1 is 1.20 bits per heavy atom. The average Bonchev–Trinajstić information content (AvgIpc) is 2.38. The minimum atomic E-state index is -0.426. The van der Waals surface area contributed by atoms with Gasteiger partial charge in [-0.2, -0.15) is 0 Å². The van der Waals surface area contributed by atoms with E-state index in [0.717, 1.165) is 11.1 Å². The van der Waals surface area contributed by atoms with E-state index in [9.17, 15) is 4.39 Å². The Morgan fingerprint density at radius 3 is 2.35 bits per heavy atom. The van der Waals surface area contributed by atoms with Crippen molar-refractivity contribution in [2.75, 3.05) is 0 Å². The fourth-order valence-electron chi connectivity index (χ4n) is 2.07. The minimum Gasteiger partial charge on any atom is -0.454 e. The molecule has 4 heteroatoms. The summed E-state index contributed by atoms with van der Waals surface area (Å²) in [5.74, 6) is 0.296. The van der Waals surface area contributed by atoms with E-state index in [-0.39, 0.29) is 11.8 Å². The van der Waals surface area contributed by atoms with Gasteiger partial charge in [-0.3, -0.25) is 0 Å². The second-order valence-electron chi connectivity index (χ2n) is 4.92. The standard InChI is InChI=1S/C16H17ClFNO/c1-9-7-12(8-10(2)15(9)17)20-16-13(11(3)19)5-4-6-14(16)18/h4-8,11H,19H2,1-3H3. The Bertz CT molecular complexity index is 617. The predicted molar refractivity (Wildman–Crippen MR) is 80.0 cm³/mol. The van der Waals surface area contributed by atoms with Crippen LogP contribution in [0.25, 0.3) is 0 Å². The molecular formula is C16H17ClFNO. The first-order valence-corrected chi connectivity index (χ1v) is 6.76. The summed E-state index contributed by atoms with van der Waals surface area (Å²) in [6.45, 7) is 5.56. The summed E-state index contributed by atoms with van der Waals surface area (Å²) in [5.41, 5.74) is 8.27. The zero-order valence-corrected chi connectivity index (χ0v) is 12.5. The summed E-state index contributed by atoms with van der Waals surface area (Å²) < 4.78 is 19.7. The first-order valence-electron chi connectivity index (χ1n) is 6.38. The monoisotopic (exact) mass is 293 g/mol. The van der Waals surface area contributed by atoms with E-state index < -0.39 is 5.82 Å². The van der Waals surface area contributed by atoms with Crippen LogP contribution >= 0.6 is 11.6 Å². The number of ether oxygens (including phenoxy) is 1. The molecule has 2 N–H and O–H groups in total. The SMILES string of the molecule is Cc1cc(Oc2c(F)cccc2C(C)N)cc(C)c1Cl. The first kappa shape index (κ1) is 14.8. The Balaban J connectivity index is 2.45. The molecule has 2 aromatic rings. The molecule has 2 aromatic carbocycles. The van der Waals surface area contributed by atoms with E-state index in [1.54, 1.807) is 31.2 Å². The highest BCUT2D eigenvalue weighted by atomic mass is 35.5. The number of aryl methyl sites for hydroxylation is 2. The third-order valence-corrected chi connectivity index (χ3v) is 3.71. The summed E-state index contributed by atoms with van der Waals surface area (Å²) in [6, 6.07) is 8.00. The molecule has 0 aliphatic rings. The summed E-state index contributed by atoms with van der Waals surface area (Å²) in [4.78, 5) is 0. The van der Waals surface area contributed by atoms with Gasteiger partial charge in [0.1, 0.15) is 5.75 Å². The van der Waals surface area contributed by atoms with Gasteiger partial charge >= 0.3 is 0 Å². The molecule has 0 bridgehead atoms. The smallest absolute Gasteiger partial charge is 0.167 e. The molecule has 0 spiro atoms. The molecule has 0 radical (unpaired) electrons. The van der Waals surface area contributed by atoms with E-state index in [4.69, 9.17) is 22.1 Å². The van der Waals surface area contributed by atoms with Crippen molar-refractivity contribution in [3.05, 3.63) is 57.9 Å². The number of nitrogens with two attached hydrogens (primary N) is 1. The number of para-hydroxylation sites is 1. The van der Waals surface area contributed by atoms with Crippen molar-refractivity contribution in [3.63, 3.8) is 0 Å². The van der Waals surface area contributed by atoms with Crippen molar-refractivity contribution in [3.8, 4) is 11.5 Å². The van der Waals surface area contributed by atoms with Crippen LogP contribution in [0, 0.1) is 19.7 Å². The topological polar surface area (TPSA) is 35.2 Å². The first-order chi connectivity index (χ1) is 9.40. The van der Waals surface area contributed by atoms with Crippen LogP contribution in [0.3, 0.4) is 0 Å². The van der Waals surface area contributed by atoms with Gasteiger partial charge in [0.05, 0.1) is 0 Å². The molecule has 0 aromatic heterocycles. The molecular weight excluding hydrogens is 277 g/mol. The van der Waals surface area contributed by atoms with E-state index in [2.05, 4.69) is 0 Å². The van der Waals surface area contributed by atoms with Crippen LogP contribution in [0.15, 0.2) is 30.3 Å². The van der Waals surface area contributed by atoms with Crippen molar-refractivity contribution in [2.45, 2.75) is 26.8 Å². The largest absolute Gasteiger partial charge is 0.454 e. The lowest BCUT2D eigenvalue weighted by Gasteiger charge is -2.15. The Labute approximate surface area is 123 Å². The summed E-state index contributed by atoms with van der Waals surface area (Å²) in [6.07, 6.45) is 0. The van der Waals surface area contributed by atoms with Crippen molar-refractivity contribution >= 4 is 11.6 Å². The second kappa shape index (κ2) is 5.81.